The van der Waals surface area contributed by atoms with Crippen molar-refractivity contribution in [1.82, 2.24) is 15.1 Å². The van der Waals surface area contributed by atoms with Gasteiger partial charge in [-0.1, -0.05) is 29.8 Å². The highest BCUT2D eigenvalue weighted by Crippen LogP contribution is 2.55. The van der Waals surface area contributed by atoms with Crippen LogP contribution in [-0.4, -0.2) is 59.4 Å². The minimum Gasteiger partial charge on any atom is -0.349 e. The van der Waals surface area contributed by atoms with E-state index >= 15 is 0 Å². The second-order valence-electron chi connectivity index (χ2n) is 10.9. The Morgan fingerprint density at radius 2 is 1.52 bits per heavy atom. The van der Waals surface area contributed by atoms with E-state index in [0.29, 0.717) is 19.5 Å². The minimum atomic E-state index is -0.123. The van der Waals surface area contributed by atoms with Crippen LogP contribution in [0.3, 0.4) is 0 Å². The van der Waals surface area contributed by atoms with Crippen molar-refractivity contribution < 1.29 is 9.59 Å². The molecule has 0 radical (unpaired) electrons. The van der Waals surface area contributed by atoms with Gasteiger partial charge in [-0.3, -0.25) is 14.5 Å². The quantitative estimate of drug-likeness (QED) is 0.792. The lowest BCUT2D eigenvalue weighted by atomic mass is 9.53. The predicted octanol–water partition coefficient (Wildman–Crippen LogP) is 3.16. The molecule has 1 aromatic rings. The standard InChI is InChI=1S/C26H37N3O2/c1-18-3-5-20(6-4-18)14-24(30)29-9-7-28(8-10-29)19(2)25(31)27-26-15-21-11-22(16-26)13-23(12-21)17-26/h3-6,19,21-23H,7-17H2,1-2H3,(H,27,31). The van der Waals surface area contributed by atoms with Gasteiger partial charge in [0.25, 0.3) is 0 Å². The van der Waals surface area contributed by atoms with Gasteiger partial charge in [0.1, 0.15) is 0 Å². The summed E-state index contributed by atoms with van der Waals surface area (Å²) in [5.74, 6) is 2.90. The molecule has 4 aliphatic carbocycles. The molecule has 31 heavy (non-hydrogen) atoms. The zero-order valence-electron chi connectivity index (χ0n) is 19.1. The van der Waals surface area contributed by atoms with Crippen LogP contribution in [0.5, 0.6) is 0 Å². The fourth-order valence-corrected chi connectivity index (χ4v) is 7.15. The van der Waals surface area contributed by atoms with Gasteiger partial charge in [0.2, 0.25) is 11.8 Å². The molecule has 5 aliphatic rings. The van der Waals surface area contributed by atoms with E-state index in [0.717, 1.165) is 36.4 Å². The third kappa shape index (κ3) is 4.39. The van der Waals surface area contributed by atoms with E-state index in [9.17, 15) is 9.59 Å². The molecule has 1 N–H and O–H groups in total. The van der Waals surface area contributed by atoms with Crippen molar-refractivity contribution in [1.29, 1.82) is 0 Å². The average Bonchev–Trinajstić information content (AvgIpc) is 2.73. The molecular weight excluding hydrogens is 386 g/mol. The molecule has 6 rings (SSSR count). The summed E-state index contributed by atoms with van der Waals surface area (Å²) in [5, 5.41) is 3.53. The molecule has 1 aromatic carbocycles. The topological polar surface area (TPSA) is 52.7 Å². The maximum absolute atomic E-state index is 13.2. The summed E-state index contributed by atoms with van der Waals surface area (Å²) in [6.07, 6.45) is 8.22. The van der Waals surface area contributed by atoms with Gasteiger partial charge in [0.15, 0.2) is 0 Å². The first kappa shape index (κ1) is 21.0. The molecule has 0 aromatic heterocycles. The van der Waals surface area contributed by atoms with E-state index in [1.807, 2.05) is 24.0 Å². The Labute approximate surface area is 186 Å². The van der Waals surface area contributed by atoms with E-state index in [1.165, 1.54) is 44.1 Å². The van der Waals surface area contributed by atoms with Crippen LogP contribution in [0.15, 0.2) is 24.3 Å². The fourth-order valence-electron chi connectivity index (χ4n) is 7.15. The zero-order valence-corrected chi connectivity index (χ0v) is 19.1. The van der Waals surface area contributed by atoms with E-state index in [-0.39, 0.29) is 23.4 Å². The SMILES string of the molecule is Cc1ccc(CC(=O)N2CCN(C(C)C(=O)NC34CC5CC(CC(C5)C3)C4)CC2)cc1. The van der Waals surface area contributed by atoms with E-state index < -0.39 is 0 Å². The number of carbonyl (C=O) groups is 2. The monoisotopic (exact) mass is 423 g/mol. The van der Waals surface area contributed by atoms with Gasteiger partial charge in [-0.2, -0.15) is 0 Å². The molecule has 2 amide bonds. The Balaban J connectivity index is 1.12. The van der Waals surface area contributed by atoms with Gasteiger partial charge in [-0.05, 0) is 75.7 Å². The molecule has 4 bridgehead atoms. The highest BCUT2D eigenvalue weighted by atomic mass is 16.2. The van der Waals surface area contributed by atoms with E-state index in [2.05, 4.69) is 29.3 Å². The smallest absolute Gasteiger partial charge is 0.237 e. The van der Waals surface area contributed by atoms with Gasteiger partial charge in [-0.15, -0.1) is 0 Å². The molecule has 1 saturated heterocycles. The molecule has 0 spiro atoms. The summed E-state index contributed by atoms with van der Waals surface area (Å²) in [5.41, 5.74) is 2.36. The van der Waals surface area contributed by atoms with Crippen molar-refractivity contribution in [2.24, 2.45) is 17.8 Å². The van der Waals surface area contributed by atoms with E-state index in [4.69, 9.17) is 0 Å². The number of hydrogen-bond donors (Lipinski definition) is 1. The summed E-state index contributed by atoms with van der Waals surface area (Å²) in [4.78, 5) is 30.1. The number of carbonyl (C=O) groups excluding carboxylic acids is 2. The Morgan fingerprint density at radius 1 is 0.968 bits per heavy atom. The van der Waals surface area contributed by atoms with Crippen LogP contribution in [0.2, 0.25) is 0 Å². The van der Waals surface area contributed by atoms with Crippen LogP contribution in [0, 0.1) is 24.7 Å². The van der Waals surface area contributed by atoms with Crippen molar-refractivity contribution >= 4 is 11.8 Å². The summed E-state index contributed by atoms with van der Waals surface area (Å²) >= 11 is 0. The third-order valence-electron chi connectivity index (χ3n) is 8.50. The molecule has 1 atom stereocenters. The Hall–Kier alpha value is -1.88. The Kier molecular flexibility index (Phi) is 5.58. The van der Waals surface area contributed by atoms with Crippen molar-refractivity contribution in [2.75, 3.05) is 26.2 Å². The lowest BCUT2D eigenvalue weighted by Gasteiger charge is -2.57. The van der Waals surface area contributed by atoms with Gasteiger partial charge < -0.3 is 10.2 Å². The number of piperazine rings is 1. The van der Waals surface area contributed by atoms with E-state index in [1.54, 1.807) is 0 Å². The van der Waals surface area contributed by atoms with Crippen LogP contribution in [-0.2, 0) is 16.0 Å². The number of aryl methyl sites for hydroxylation is 1. The van der Waals surface area contributed by atoms with Crippen LogP contribution in [0.1, 0.15) is 56.6 Å². The number of nitrogens with one attached hydrogen (secondary N) is 1. The molecule has 1 aliphatic heterocycles. The molecule has 5 nitrogen and oxygen atoms in total. The lowest BCUT2D eigenvalue weighted by molar-refractivity contribution is -0.135. The van der Waals surface area contributed by atoms with Crippen LogP contribution < -0.4 is 5.32 Å². The van der Waals surface area contributed by atoms with Gasteiger partial charge in [0.05, 0.1) is 12.5 Å². The first-order valence-electron chi connectivity index (χ1n) is 12.3. The van der Waals surface area contributed by atoms with Crippen molar-refractivity contribution in [3.8, 4) is 0 Å². The average molecular weight is 424 g/mol. The molecular formula is C26H37N3O2. The summed E-state index contributed by atoms with van der Waals surface area (Å²) in [7, 11) is 0. The van der Waals surface area contributed by atoms with Crippen molar-refractivity contribution in [2.45, 2.75) is 70.4 Å². The number of nitrogens with zero attached hydrogens (tertiary/aromatic N) is 2. The van der Waals surface area contributed by atoms with Crippen LogP contribution in [0.25, 0.3) is 0 Å². The largest absolute Gasteiger partial charge is 0.349 e. The van der Waals surface area contributed by atoms with Gasteiger partial charge >= 0.3 is 0 Å². The van der Waals surface area contributed by atoms with Crippen LogP contribution in [0.4, 0.5) is 0 Å². The molecule has 1 heterocycles. The zero-order chi connectivity index (χ0) is 21.6. The highest BCUT2D eigenvalue weighted by Gasteiger charge is 2.51. The van der Waals surface area contributed by atoms with Crippen molar-refractivity contribution in [3.63, 3.8) is 0 Å². The second-order valence-corrected chi connectivity index (χ2v) is 10.9. The fraction of sp³-hybridized carbons (Fsp3) is 0.692. The Bertz CT molecular complexity index is 790. The summed E-state index contributed by atoms with van der Waals surface area (Å²) < 4.78 is 0. The van der Waals surface area contributed by atoms with Crippen LogP contribution >= 0.6 is 0 Å². The summed E-state index contributed by atoms with van der Waals surface area (Å²) in [6, 6.07) is 8.08. The third-order valence-corrected chi connectivity index (χ3v) is 8.50. The number of benzene rings is 1. The van der Waals surface area contributed by atoms with Gasteiger partial charge in [-0.25, -0.2) is 0 Å². The molecule has 5 fully saturated rings. The number of amides is 2. The maximum Gasteiger partial charge on any atom is 0.237 e. The minimum absolute atomic E-state index is 0.0753. The van der Waals surface area contributed by atoms with Gasteiger partial charge in [0, 0.05) is 31.7 Å². The second kappa shape index (κ2) is 8.23. The molecule has 4 saturated carbocycles. The van der Waals surface area contributed by atoms with Crippen molar-refractivity contribution in [3.05, 3.63) is 35.4 Å². The normalized spacial score (nSPS) is 33.4. The first-order valence-corrected chi connectivity index (χ1v) is 12.3. The number of rotatable bonds is 5. The highest BCUT2D eigenvalue weighted by molar-refractivity contribution is 5.82. The predicted molar refractivity (Wildman–Crippen MR) is 122 cm³/mol. The Morgan fingerprint density at radius 3 is 2.06 bits per heavy atom. The molecule has 1 unspecified atom stereocenters. The maximum atomic E-state index is 13.2. The molecule has 168 valence electrons. The summed E-state index contributed by atoms with van der Waals surface area (Å²) in [6.45, 7) is 7.06. The number of hydrogen-bond acceptors (Lipinski definition) is 3. The molecule has 5 heteroatoms. The first-order chi connectivity index (χ1) is 14.9. The lowest BCUT2D eigenvalue weighted by Crippen LogP contribution is -2.63.